The van der Waals surface area contributed by atoms with E-state index < -0.39 is 15.9 Å². The van der Waals surface area contributed by atoms with Crippen LogP contribution in [0, 0.1) is 27.7 Å². The number of amides is 2. The first-order valence-corrected chi connectivity index (χ1v) is 11.9. The van der Waals surface area contributed by atoms with Crippen molar-refractivity contribution < 1.29 is 18.0 Å². The van der Waals surface area contributed by atoms with Gasteiger partial charge in [-0.05, 0) is 69.2 Å². The van der Waals surface area contributed by atoms with E-state index in [1.165, 1.54) is 24.3 Å². The second-order valence-electron chi connectivity index (χ2n) is 8.00. The van der Waals surface area contributed by atoms with E-state index in [-0.39, 0.29) is 22.9 Å². The van der Waals surface area contributed by atoms with E-state index in [0.717, 1.165) is 27.9 Å². The van der Waals surface area contributed by atoms with Crippen LogP contribution < -0.4 is 15.4 Å². The predicted octanol–water partition coefficient (Wildman–Crippen LogP) is 4.09. The molecule has 0 aromatic heterocycles. The Kier molecular flexibility index (Phi) is 7.18. The largest absolute Gasteiger partial charge is 0.343 e. The molecule has 0 fully saturated rings. The van der Waals surface area contributed by atoms with E-state index in [9.17, 15) is 18.0 Å². The maximum absolute atomic E-state index is 12.7. The van der Waals surface area contributed by atoms with E-state index in [2.05, 4.69) is 15.4 Å². The molecule has 3 N–H and O–H groups in total. The van der Waals surface area contributed by atoms with E-state index in [1.54, 1.807) is 24.3 Å². The first-order valence-electron chi connectivity index (χ1n) is 10.4. The molecule has 0 spiro atoms. The fourth-order valence-corrected chi connectivity index (χ4v) is 4.57. The number of benzene rings is 3. The summed E-state index contributed by atoms with van der Waals surface area (Å²) in [7, 11) is -3.88. The topological polar surface area (TPSA) is 104 Å². The lowest BCUT2D eigenvalue weighted by molar-refractivity contribution is -0.115. The zero-order chi connectivity index (χ0) is 24.2. The van der Waals surface area contributed by atoms with E-state index in [1.807, 2.05) is 39.8 Å². The van der Waals surface area contributed by atoms with Gasteiger partial charge in [0, 0.05) is 16.9 Å². The summed E-state index contributed by atoms with van der Waals surface area (Å²) in [5.74, 6) is -0.918. The number of carbonyl (C=O) groups excluding carboxylic acids is 2. The molecule has 33 heavy (non-hydrogen) atoms. The van der Waals surface area contributed by atoms with Crippen LogP contribution in [0.1, 0.15) is 32.6 Å². The van der Waals surface area contributed by atoms with E-state index in [0.29, 0.717) is 5.69 Å². The molecule has 2 amide bonds. The van der Waals surface area contributed by atoms with Crippen LogP contribution in [0.15, 0.2) is 65.6 Å². The Morgan fingerprint density at radius 2 is 1.45 bits per heavy atom. The number of anilines is 2. The highest BCUT2D eigenvalue weighted by atomic mass is 32.2. The monoisotopic (exact) mass is 465 g/mol. The quantitative estimate of drug-likeness (QED) is 0.489. The molecule has 0 aliphatic heterocycles. The van der Waals surface area contributed by atoms with Gasteiger partial charge < -0.3 is 10.6 Å². The van der Waals surface area contributed by atoms with Crippen molar-refractivity contribution in [2.24, 2.45) is 0 Å². The lowest BCUT2D eigenvalue weighted by Gasteiger charge is -2.13. The number of hydrogen-bond donors (Lipinski definition) is 3. The van der Waals surface area contributed by atoms with Crippen LogP contribution in [0.25, 0.3) is 0 Å². The van der Waals surface area contributed by atoms with Gasteiger partial charge in [0.05, 0.1) is 11.4 Å². The molecule has 0 atom stereocenters. The van der Waals surface area contributed by atoms with Gasteiger partial charge in [0.25, 0.3) is 15.9 Å². The van der Waals surface area contributed by atoms with Crippen molar-refractivity contribution in [3.63, 3.8) is 0 Å². The van der Waals surface area contributed by atoms with Crippen LogP contribution in [-0.2, 0) is 14.8 Å². The predicted molar refractivity (Wildman–Crippen MR) is 130 cm³/mol. The number of aryl methyl sites for hydroxylation is 4. The zero-order valence-electron chi connectivity index (χ0n) is 19.0. The Labute approximate surface area is 194 Å². The first-order chi connectivity index (χ1) is 15.5. The normalized spacial score (nSPS) is 11.0. The van der Waals surface area contributed by atoms with Gasteiger partial charge in [0.15, 0.2) is 0 Å². The number of sulfonamides is 1. The summed E-state index contributed by atoms with van der Waals surface area (Å²) in [4.78, 5) is 24.9. The van der Waals surface area contributed by atoms with Crippen LogP contribution >= 0.6 is 0 Å². The second kappa shape index (κ2) is 9.87. The highest BCUT2D eigenvalue weighted by molar-refractivity contribution is 7.92. The maximum atomic E-state index is 12.7. The van der Waals surface area contributed by atoms with Crippen molar-refractivity contribution in [1.82, 2.24) is 5.32 Å². The molecular weight excluding hydrogens is 438 g/mol. The summed E-state index contributed by atoms with van der Waals surface area (Å²) in [5.41, 5.74) is 5.26. The lowest BCUT2D eigenvalue weighted by Crippen LogP contribution is -2.33. The van der Waals surface area contributed by atoms with Gasteiger partial charge in [-0.2, -0.15) is 0 Å². The summed E-state index contributed by atoms with van der Waals surface area (Å²) in [6.07, 6.45) is 0. The molecule has 172 valence electrons. The van der Waals surface area contributed by atoms with E-state index in [4.69, 9.17) is 0 Å². The Balaban J connectivity index is 1.66. The van der Waals surface area contributed by atoms with Crippen LogP contribution in [-0.4, -0.2) is 26.8 Å². The maximum Gasteiger partial charge on any atom is 0.261 e. The fraction of sp³-hybridized carbons (Fsp3) is 0.200. The van der Waals surface area contributed by atoms with Gasteiger partial charge in [-0.15, -0.1) is 0 Å². The zero-order valence-corrected chi connectivity index (χ0v) is 19.8. The molecule has 3 rings (SSSR count). The molecule has 3 aromatic carbocycles. The van der Waals surface area contributed by atoms with Crippen molar-refractivity contribution in [3.8, 4) is 0 Å². The van der Waals surface area contributed by atoms with Crippen LogP contribution in [0.5, 0.6) is 0 Å². The van der Waals surface area contributed by atoms with Crippen LogP contribution in [0.4, 0.5) is 11.4 Å². The van der Waals surface area contributed by atoms with Crippen molar-refractivity contribution in [1.29, 1.82) is 0 Å². The highest BCUT2D eigenvalue weighted by Crippen LogP contribution is 2.22. The minimum atomic E-state index is -3.88. The average molecular weight is 466 g/mol. The SMILES string of the molecule is Cc1ccc(NS(=O)(=O)c2cccc(C(=O)NCC(=O)Nc3c(C)cc(C)cc3C)c2)cc1. The van der Waals surface area contributed by atoms with Gasteiger partial charge in [-0.25, -0.2) is 8.42 Å². The van der Waals surface area contributed by atoms with Crippen LogP contribution in [0.3, 0.4) is 0 Å². The number of rotatable bonds is 7. The van der Waals surface area contributed by atoms with Gasteiger partial charge >= 0.3 is 0 Å². The molecule has 0 heterocycles. The average Bonchev–Trinajstić information content (AvgIpc) is 2.76. The standard InChI is InChI=1S/C25H27N3O4S/c1-16-8-10-21(11-9-16)28-33(31,32)22-7-5-6-20(14-22)25(30)26-15-23(29)27-24-18(3)12-17(2)13-19(24)4/h5-14,28H,15H2,1-4H3,(H,26,30)(H,27,29). The minimum Gasteiger partial charge on any atom is -0.343 e. The fourth-order valence-electron chi connectivity index (χ4n) is 3.46. The van der Waals surface area contributed by atoms with Gasteiger partial charge in [-0.1, -0.05) is 41.5 Å². The summed E-state index contributed by atoms with van der Waals surface area (Å²) in [6, 6.07) is 16.5. The minimum absolute atomic E-state index is 0.0499. The Bertz CT molecular complexity index is 1280. The summed E-state index contributed by atoms with van der Waals surface area (Å²) in [6.45, 7) is 7.46. The molecular formula is C25H27N3O4S. The molecule has 0 radical (unpaired) electrons. The van der Waals surface area contributed by atoms with Gasteiger partial charge in [0.1, 0.15) is 0 Å². The Hall–Kier alpha value is -3.65. The first kappa shape index (κ1) is 24.0. The van der Waals surface area contributed by atoms with Crippen molar-refractivity contribution >= 4 is 33.2 Å². The van der Waals surface area contributed by atoms with Gasteiger partial charge in [0.2, 0.25) is 5.91 Å². The molecule has 0 saturated carbocycles. The number of hydrogen-bond acceptors (Lipinski definition) is 4. The molecule has 7 nitrogen and oxygen atoms in total. The summed E-state index contributed by atoms with van der Waals surface area (Å²) in [5, 5.41) is 5.36. The molecule has 0 bridgehead atoms. The van der Waals surface area contributed by atoms with Gasteiger partial charge in [-0.3, -0.25) is 14.3 Å². The molecule has 0 aliphatic carbocycles. The third kappa shape index (κ3) is 6.20. The number of nitrogens with one attached hydrogen (secondary N) is 3. The third-order valence-corrected chi connectivity index (χ3v) is 6.44. The summed E-state index contributed by atoms with van der Waals surface area (Å²) >= 11 is 0. The van der Waals surface area contributed by atoms with Crippen molar-refractivity contribution in [3.05, 3.63) is 88.5 Å². The Morgan fingerprint density at radius 3 is 2.09 bits per heavy atom. The molecule has 0 saturated heterocycles. The molecule has 0 aliphatic rings. The smallest absolute Gasteiger partial charge is 0.261 e. The molecule has 3 aromatic rings. The Morgan fingerprint density at radius 1 is 0.818 bits per heavy atom. The molecule has 0 unspecified atom stereocenters. The highest BCUT2D eigenvalue weighted by Gasteiger charge is 2.17. The van der Waals surface area contributed by atoms with Crippen molar-refractivity contribution in [2.45, 2.75) is 32.6 Å². The third-order valence-electron chi connectivity index (χ3n) is 5.06. The lowest BCUT2D eigenvalue weighted by atomic mass is 10.1. The van der Waals surface area contributed by atoms with Crippen LogP contribution in [0.2, 0.25) is 0 Å². The molecule has 8 heteroatoms. The van der Waals surface area contributed by atoms with Crippen molar-refractivity contribution in [2.75, 3.05) is 16.6 Å². The van der Waals surface area contributed by atoms with E-state index >= 15 is 0 Å². The summed E-state index contributed by atoms with van der Waals surface area (Å²) < 4.78 is 27.9. The second-order valence-corrected chi connectivity index (χ2v) is 9.69. The number of carbonyl (C=O) groups is 2.